The summed E-state index contributed by atoms with van der Waals surface area (Å²) in [5.74, 6) is 0. The lowest BCUT2D eigenvalue weighted by Crippen LogP contribution is -2.33. The molecule has 3 aromatic carbocycles. The van der Waals surface area contributed by atoms with Crippen molar-refractivity contribution in [1.29, 1.82) is 5.26 Å². The van der Waals surface area contributed by atoms with E-state index in [1.807, 2.05) is 18.2 Å². The van der Waals surface area contributed by atoms with Crippen molar-refractivity contribution in [2.45, 2.75) is 38.0 Å². The third kappa shape index (κ3) is 5.27. The Hall–Kier alpha value is -3.12. The second-order valence-corrected chi connectivity index (χ2v) is 9.74. The van der Waals surface area contributed by atoms with Crippen molar-refractivity contribution >= 4 is 30.1 Å². The number of hydrogen-bond acceptors (Lipinski definition) is 2. The Morgan fingerprint density at radius 2 is 1.34 bits per heavy atom. The Morgan fingerprint density at radius 3 is 1.91 bits per heavy atom. The highest BCUT2D eigenvalue weighted by atomic mass is 35.5. The zero-order valence-corrected chi connectivity index (χ0v) is 21.2. The summed E-state index contributed by atoms with van der Waals surface area (Å²) in [7, 11) is 0. The number of piperidine rings is 1. The van der Waals surface area contributed by atoms with Crippen LogP contribution in [0.2, 0.25) is 0 Å². The molecule has 0 saturated carbocycles. The first-order valence-electron chi connectivity index (χ1n) is 12.5. The van der Waals surface area contributed by atoms with Gasteiger partial charge in [-0.3, -0.25) is 0 Å². The van der Waals surface area contributed by atoms with E-state index in [1.54, 1.807) is 5.57 Å². The molecule has 2 nitrogen and oxygen atoms in total. The first-order chi connectivity index (χ1) is 16.7. The van der Waals surface area contributed by atoms with Crippen LogP contribution in [0.3, 0.4) is 0 Å². The summed E-state index contributed by atoms with van der Waals surface area (Å²) in [6.45, 7) is 5.31. The van der Waals surface area contributed by atoms with Crippen LogP contribution in [0, 0.1) is 11.3 Å². The molecule has 1 unspecified atom stereocenters. The summed E-state index contributed by atoms with van der Waals surface area (Å²) in [6.07, 6.45) is 8.66. The molecule has 0 amide bonds. The third-order valence-corrected chi connectivity index (χ3v) is 7.52. The number of halogens is 1. The minimum Gasteiger partial charge on any atom is -0.303 e. The highest BCUT2D eigenvalue weighted by Crippen LogP contribution is 2.38. The number of benzene rings is 3. The molecule has 35 heavy (non-hydrogen) atoms. The first-order valence-corrected chi connectivity index (χ1v) is 12.5. The lowest BCUT2D eigenvalue weighted by atomic mass is 9.80. The van der Waals surface area contributed by atoms with Crippen LogP contribution in [-0.2, 0) is 5.41 Å². The van der Waals surface area contributed by atoms with Gasteiger partial charge in [-0.05, 0) is 72.5 Å². The van der Waals surface area contributed by atoms with Crippen LogP contribution in [0.1, 0.15) is 60.4 Å². The van der Waals surface area contributed by atoms with Crippen LogP contribution in [-0.4, -0.2) is 24.5 Å². The fourth-order valence-electron chi connectivity index (χ4n) is 5.47. The summed E-state index contributed by atoms with van der Waals surface area (Å²) in [5.41, 5.74) is 9.07. The molecule has 1 aliphatic heterocycles. The Bertz CT molecular complexity index is 1210. The smallest absolute Gasteiger partial charge is 0.0794 e. The predicted octanol–water partition coefficient (Wildman–Crippen LogP) is 7.75. The molecule has 1 fully saturated rings. The van der Waals surface area contributed by atoms with E-state index in [1.165, 1.54) is 27.8 Å². The van der Waals surface area contributed by atoms with Crippen molar-refractivity contribution in [3.05, 3.63) is 112 Å². The summed E-state index contributed by atoms with van der Waals surface area (Å²) < 4.78 is 0. The molecule has 3 heteroatoms. The lowest BCUT2D eigenvalue weighted by Gasteiger charge is -2.31. The molecule has 1 heterocycles. The average Bonchev–Trinajstić information content (AvgIpc) is 3.06. The van der Waals surface area contributed by atoms with Crippen LogP contribution in [0.5, 0.6) is 0 Å². The standard InChI is InChI=1S/C32H32N2.ClH/c1-32(24-33,28-12-3-2-4-13-28)20-9-21-34-22-18-27(19-23-34)31-29-14-7-5-10-25(29)16-17-26-11-6-8-15-30(26)31;/h2-8,10-17H,9,18-23H2,1H3;1H. The van der Waals surface area contributed by atoms with Crippen LogP contribution in [0.15, 0.2) is 84.4 Å². The van der Waals surface area contributed by atoms with Gasteiger partial charge in [-0.25, -0.2) is 0 Å². The summed E-state index contributed by atoms with van der Waals surface area (Å²) >= 11 is 0. The van der Waals surface area contributed by atoms with Crippen LogP contribution in [0.4, 0.5) is 0 Å². The van der Waals surface area contributed by atoms with Crippen LogP contribution in [0.25, 0.3) is 17.7 Å². The van der Waals surface area contributed by atoms with Crippen molar-refractivity contribution in [2.75, 3.05) is 19.6 Å². The molecule has 3 aromatic rings. The first kappa shape index (κ1) is 25.0. The van der Waals surface area contributed by atoms with Gasteiger partial charge in [0.25, 0.3) is 0 Å². The van der Waals surface area contributed by atoms with Gasteiger partial charge in [0.2, 0.25) is 0 Å². The molecular weight excluding hydrogens is 448 g/mol. The Balaban J connectivity index is 0.00000289. The topological polar surface area (TPSA) is 27.0 Å². The molecule has 1 atom stereocenters. The molecule has 5 rings (SSSR count). The highest BCUT2D eigenvalue weighted by Gasteiger charge is 2.27. The molecular formula is C32H33ClN2. The molecule has 0 spiro atoms. The zero-order chi connectivity index (χ0) is 23.4. The molecule has 178 valence electrons. The Morgan fingerprint density at radius 1 is 0.800 bits per heavy atom. The van der Waals surface area contributed by atoms with E-state index in [0.717, 1.165) is 50.9 Å². The van der Waals surface area contributed by atoms with E-state index in [4.69, 9.17) is 0 Å². The fourth-order valence-corrected chi connectivity index (χ4v) is 5.47. The maximum absolute atomic E-state index is 9.86. The van der Waals surface area contributed by atoms with Gasteiger partial charge in [0.15, 0.2) is 0 Å². The van der Waals surface area contributed by atoms with Gasteiger partial charge < -0.3 is 4.90 Å². The maximum atomic E-state index is 9.86. The van der Waals surface area contributed by atoms with Crippen molar-refractivity contribution in [1.82, 2.24) is 4.90 Å². The van der Waals surface area contributed by atoms with Crippen molar-refractivity contribution in [3.8, 4) is 6.07 Å². The molecule has 0 bridgehead atoms. The molecule has 0 aromatic heterocycles. The predicted molar refractivity (Wildman–Crippen MR) is 149 cm³/mol. The average molecular weight is 481 g/mol. The highest BCUT2D eigenvalue weighted by molar-refractivity contribution is 5.94. The number of nitrogens with zero attached hydrogens (tertiary/aromatic N) is 2. The zero-order valence-electron chi connectivity index (χ0n) is 20.4. The number of hydrogen-bond donors (Lipinski definition) is 0. The number of likely N-dealkylation sites (tertiary alicyclic amines) is 1. The van der Waals surface area contributed by atoms with E-state index in [-0.39, 0.29) is 12.4 Å². The second kappa shape index (κ2) is 11.1. The van der Waals surface area contributed by atoms with Crippen LogP contribution >= 0.6 is 12.4 Å². The van der Waals surface area contributed by atoms with Crippen molar-refractivity contribution in [3.63, 3.8) is 0 Å². The summed E-state index contributed by atoms with van der Waals surface area (Å²) in [4.78, 5) is 2.58. The molecule has 1 saturated heterocycles. The number of nitriles is 1. The Kier molecular flexibility index (Phi) is 7.91. The van der Waals surface area contributed by atoms with Crippen molar-refractivity contribution in [2.24, 2.45) is 0 Å². The van der Waals surface area contributed by atoms with E-state index in [2.05, 4.69) is 90.7 Å². The summed E-state index contributed by atoms with van der Waals surface area (Å²) in [6, 6.07) is 30.4. The largest absolute Gasteiger partial charge is 0.303 e. The molecule has 0 radical (unpaired) electrons. The van der Waals surface area contributed by atoms with Gasteiger partial charge in [0.05, 0.1) is 11.5 Å². The van der Waals surface area contributed by atoms with Gasteiger partial charge in [-0.15, -0.1) is 12.4 Å². The number of fused-ring (bicyclic) bond motifs is 2. The van der Waals surface area contributed by atoms with E-state index < -0.39 is 5.41 Å². The third-order valence-electron chi connectivity index (χ3n) is 7.52. The Labute approximate surface area is 216 Å². The molecule has 2 aliphatic rings. The molecule has 1 aliphatic carbocycles. The lowest BCUT2D eigenvalue weighted by molar-refractivity contribution is 0.246. The van der Waals surface area contributed by atoms with Gasteiger partial charge in [0, 0.05) is 13.1 Å². The van der Waals surface area contributed by atoms with E-state index in [0.29, 0.717) is 0 Å². The van der Waals surface area contributed by atoms with Crippen molar-refractivity contribution < 1.29 is 0 Å². The van der Waals surface area contributed by atoms with Gasteiger partial charge >= 0.3 is 0 Å². The van der Waals surface area contributed by atoms with Crippen LogP contribution < -0.4 is 0 Å². The number of rotatable bonds is 5. The quantitative estimate of drug-likeness (QED) is 0.292. The second-order valence-electron chi connectivity index (χ2n) is 9.74. The minimum absolute atomic E-state index is 0. The fraction of sp³-hybridized carbons (Fsp3) is 0.281. The minimum atomic E-state index is -0.412. The van der Waals surface area contributed by atoms with E-state index in [9.17, 15) is 5.26 Å². The maximum Gasteiger partial charge on any atom is 0.0794 e. The summed E-state index contributed by atoms with van der Waals surface area (Å²) in [5, 5.41) is 9.86. The van der Waals surface area contributed by atoms with Gasteiger partial charge in [-0.2, -0.15) is 5.26 Å². The molecule has 0 N–H and O–H groups in total. The van der Waals surface area contributed by atoms with Gasteiger partial charge in [0.1, 0.15) is 0 Å². The van der Waals surface area contributed by atoms with Gasteiger partial charge in [-0.1, -0.05) is 96.6 Å². The SMILES string of the molecule is CC(C#N)(CCCN1CCC(=C2c3ccccc3C=Cc3ccccc32)CC1)c1ccccc1.Cl. The normalized spacial score (nSPS) is 16.8. The van der Waals surface area contributed by atoms with E-state index >= 15 is 0 Å². The monoisotopic (exact) mass is 480 g/mol.